The van der Waals surface area contributed by atoms with Gasteiger partial charge in [-0.15, -0.1) is 0 Å². The van der Waals surface area contributed by atoms with Crippen LogP contribution in [0, 0.1) is 29.6 Å². The molecule has 25 heavy (non-hydrogen) atoms. The minimum Gasteiger partial charge on any atom is -0.455 e. The molecule has 3 heterocycles. The van der Waals surface area contributed by atoms with Crippen LogP contribution in [0.2, 0.25) is 0 Å². The molecule has 0 bridgehead atoms. The number of ether oxygens (including phenoxy) is 2. The summed E-state index contributed by atoms with van der Waals surface area (Å²) in [7, 11) is 0. The Balaban J connectivity index is 1.41. The summed E-state index contributed by atoms with van der Waals surface area (Å²) in [6.45, 7) is 10.1. The van der Waals surface area contributed by atoms with Crippen molar-refractivity contribution in [3.63, 3.8) is 0 Å². The highest BCUT2D eigenvalue weighted by atomic mass is 16.7. The van der Waals surface area contributed by atoms with E-state index in [1.165, 1.54) is 19.3 Å². The maximum Gasteiger partial charge on any atom is 0.311 e. The first-order valence-electron chi connectivity index (χ1n) is 10.6. The van der Waals surface area contributed by atoms with Crippen LogP contribution in [-0.2, 0) is 14.3 Å². The highest BCUT2D eigenvalue weighted by Crippen LogP contribution is 2.66. The molecule has 4 nitrogen and oxygen atoms in total. The number of rotatable bonds is 2. The summed E-state index contributed by atoms with van der Waals surface area (Å²) in [6.07, 6.45) is 7.35. The minimum atomic E-state index is -0.310. The summed E-state index contributed by atoms with van der Waals surface area (Å²) in [5.74, 6) is 2.48. The van der Waals surface area contributed by atoms with Crippen LogP contribution >= 0.6 is 0 Å². The van der Waals surface area contributed by atoms with Gasteiger partial charge in [0.05, 0.1) is 11.5 Å². The Kier molecular flexibility index (Phi) is 3.61. The van der Waals surface area contributed by atoms with Crippen molar-refractivity contribution in [2.45, 2.75) is 76.6 Å². The van der Waals surface area contributed by atoms with Gasteiger partial charge in [-0.3, -0.25) is 4.79 Å². The van der Waals surface area contributed by atoms with Gasteiger partial charge in [0.2, 0.25) is 0 Å². The quantitative estimate of drug-likeness (QED) is 0.568. The SMILES string of the molecule is CC1CCN(C[C@H]2C(=O)O[C@@]34[C@@H](CC[C@@]5(C)O[C@@H]35)[C@H](C)CC[C@@H]24)CC1. The number of piperidine rings is 1. The summed E-state index contributed by atoms with van der Waals surface area (Å²) in [6, 6.07) is 0. The van der Waals surface area contributed by atoms with Crippen molar-refractivity contribution in [2.75, 3.05) is 19.6 Å². The lowest BCUT2D eigenvalue weighted by molar-refractivity contribution is -0.168. The normalized spacial score (nSPS) is 52.9. The first kappa shape index (κ1) is 16.6. The van der Waals surface area contributed by atoms with E-state index in [0.29, 0.717) is 17.8 Å². The van der Waals surface area contributed by atoms with Crippen molar-refractivity contribution in [2.24, 2.45) is 29.6 Å². The zero-order chi connectivity index (χ0) is 17.4. The van der Waals surface area contributed by atoms with Gasteiger partial charge in [0.1, 0.15) is 11.7 Å². The number of carbonyl (C=O) groups excluding carboxylic acids is 1. The van der Waals surface area contributed by atoms with Crippen molar-refractivity contribution in [3.8, 4) is 0 Å². The third-order valence-corrected chi connectivity index (χ3v) is 8.42. The Morgan fingerprint density at radius 3 is 2.60 bits per heavy atom. The van der Waals surface area contributed by atoms with E-state index in [0.717, 1.165) is 44.8 Å². The second-order valence-electron chi connectivity index (χ2n) is 9.98. The Morgan fingerprint density at radius 1 is 1.08 bits per heavy atom. The second-order valence-corrected chi connectivity index (χ2v) is 9.98. The van der Waals surface area contributed by atoms with Gasteiger partial charge in [0, 0.05) is 18.4 Å². The number of epoxide rings is 1. The van der Waals surface area contributed by atoms with Crippen LogP contribution < -0.4 is 0 Å². The molecule has 5 rings (SSSR count). The third kappa shape index (κ3) is 2.29. The highest BCUT2D eigenvalue weighted by Gasteiger charge is 2.77. The third-order valence-electron chi connectivity index (χ3n) is 8.42. The van der Waals surface area contributed by atoms with E-state index in [-0.39, 0.29) is 29.2 Å². The van der Waals surface area contributed by atoms with Crippen molar-refractivity contribution in [3.05, 3.63) is 0 Å². The number of likely N-dealkylation sites (tertiary alicyclic amines) is 1. The summed E-state index contributed by atoms with van der Waals surface area (Å²) in [5.41, 5.74) is -0.336. The van der Waals surface area contributed by atoms with Crippen LogP contribution in [0.1, 0.15) is 59.3 Å². The number of hydrogen-bond acceptors (Lipinski definition) is 4. The topological polar surface area (TPSA) is 42.1 Å². The molecule has 0 N–H and O–H groups in total. The van der Waals surface area contributed by atoms with Gasteiger partial charge in [-0.2, -0.15) is 0 Å². The minimum absolute atomic E-state index is 0.0263. The van der Waals surface area contributed by atoms with Crippen molar-refractivity contribution in [1.82, 2.24) is 4.90 Å². The predicted octanol–water partition coefficient (Wildman–Crippen LogP) is 3.24. The molecule has 7 atom stereocenters. The van der Waals surface area contributed by atoms with E-state index in [9.17, 15) is 4.79 Å². The van der Waals surface area contributed by atoms with E-state index >= 15 is 0 Å². The largest absolute Gasteiger partial charge is 0.455 e. The van der Waals surface area contributed by atoms with Crippen LogP contribution in [0.5, 0.6) is 0 Å². The number of nitrogens with zero attached hydrogens (tertiary/aromatic N) is 1. The molecule has 0 aromatic rings. The van der Waals surface area contributed by atoms with E-state index < -0.39 is 0 Å². The molecule has 1 spiro atoms. The van der Waals surface area contributed by atoms with Crippen molar-refractivity contribution >= 4 is 5.97 Å². The lowest BCUT2D eigenvalue weighted by Crippen LogP contribution is -2.58. The van der Waals surface area contributed by atoms with Gasteiger partial charge in [0.25, 0.3) is 0 Å². The fraction of sp³-hybridized carbons (Fsp3) is 0.952. The predicted molar refractivity (Wildman–Crippen MR) is 95.0 cm³/mol. The molecule has 0 radical (unpaired) electrons. The summed E-state index contributed by atoms with van der Waals surface area (Å²) in [5, 5.41) is 0. The van der Waals surface area contributed by atoms with Gasteiger partial charge in [0.15, 0.2) is 0 Å². The van der Waals surface area contributed by atoms with Gasteiger partial charge >= 0.3 is 5.97 Å². The summed E-state index contributed by atoms with van der Waals surface area (Å²) in [4.78, 5) is 15.5. The summed E-state index contributed by atoms with van der Waals surface area (Å²) < 4.78 is 12.5. The average Bonchev–Trinajstić information content (AvgIpc) is 3.20. The Bertz CT molecular complexity index is 571. The smallest absolute Gasteiger partial charge is 0.311 e. The van der Waals surface area contributed by atoms with Gasteiger partial charge < -0.3 is 14.4 Å². The highest BCUT2D eigenvalue weighted by molar-refractivity contribution is 5.77. The van der Waals surface area contributed by atoms with E-state index in [1.807, 2.05) is 0 Å². The average molecular weight is 347 g/mol. The molecule has 0 unspecified atom stereocenters. The monoisotopic (exact) mass is 347 g/mol. The Hall–Kier alpha value is -0.610. The van der Waals surface area contributed by atoms with Gasteiger partial charge in [-0.05, 0) is 70.4 Å². The van der Waals surface area contributed by atoms with Crippen LogP contribution in [-0.4, -0.2) is 47.8 Å². The molecule has 2 aliphatic carbocycles. The molecule has 4 heteroatoms. The zero-order valence-corrected chi connectivity index (χ0v) is 16.0. The first-order valence-corrected chi connectivity index (χ1v) is 10.6. The number of esters is 1. The fourth-order valence-electron chi connectivity index (χ4n) is 6.78. The standard InChI is InChI=1S/C21H33NO3/c1-13-7-10-22(11-8-13)12-15-17-5-4-14(2)16-6-9-20(3)19(25-20)21(16,17)24-18(15)23/h13-17,19H,4-12H2,1-3H3/t14-,15-,16+,17+,19-,20-,21-/m1/s1. The molecule has 2 saturated carbocycles. The lowest BCUT2D eigenvalue weighted by atomic mass is 9.55. The number of fused-ring (bicyclic) bond motifs is 1. The fourth-order valence-corrected chi connectivity index (χ4v) is 6.78. The molecule has 0 aromatic heterocycles. The first-order chi connectivity index (χ1) is 11.9. The van der Waals surface area contributed by atoms with E-state index in [2.05, 4.69) is 25.7 Å². The molecule has 5 fully saturated rings. The maximum atomic E-state index is 13.0. The van der Waals surface area contributed by atoms with Crippen LogP contribution in [0.4, 0.5) is 0 Å². The molecule has 0 amide bonds. The molecule has 3 saturated heterocycles. The van der Waals surface area contributed by atoms with Gasteiger partial charge in [-0.25, -0.2) is 0 Å². The molecular weight excluding hydrogens is 314 g/mol. The maximum absolute atomic E-state index is 13.0. The molecule has 140 valence electrons. The number of carbonyl (C=O) groups is 1. The molecule has 5 aliphatic rings. The number of hydrogen-bond donors (Lipinski definition) is 0. The van der Waals surface area contributed by atoms with E-state index in [1.54, 1.807) is 0 Å². The van der Waals surface area contributed by atoms with Crippen LogP contribution in [0.3, 0.4) is 0 Å². The Labute approximate surface area is 151 Å². The molecule has 3 aliphatic heterocycles. The van der Waals surface area contributed by atoms with Gasteiger partial charge in [-0.1, -0.05) is 13.8 Å². The van der Waals surface area contributed by atoms with Crippen molar-refractivity contribution in [1.29, 1.82) is 0 Å². The van der Waals surface area contributed by atoms with Crippen LogP contribution in [0.15, 0.2) is 0 Å². The molecular formula is C21H33NO3. The second kappa shape index (κ2) is 5.45. The van der Waals surface area contributed by atoms with Crippen LogP contribution in [0.25, 0.3) is 0 Å². The van der Waals surface area contributed by atoms with Crippen molar-refractivity contribution < 1.29 is 14.3 Å². The lowest BCUT2D eigenvalue weighted by Gasteiger charge is -2.50. The Morgan fingerprint density at radius 2 is 1.84 bits per heavy atom. The molecule has 0 aromatic carbocycles. The zero-order valence-electron chi connectivity index (χ0n) is 16.0. The van der Waals surface area contributed by atoms with E-state index in [4.69, 9.17) is 9.47 Å². The summed E-state index contributed by atoms with van der Waals surface area (Å²) >= 11 is 0.